The molecule has 6 heteroatoms. The van der Waals surface area contributed by atoms with Gasteiger partial charge in [-0.2, -0.15) is 0 Å². The summed E-state index contributed by atoms with van der Waals surface area (Å²) in [6.07, 6.45) is 0. The summed E-state index contributed by atoms with van der Waals surface area (Å²) in [4.78, 5) is 0. The predicted molar refractivity (Wildman–Crippen MR) is 94.0 cm³/mol. The molecule has 0 aliphatic heterocycles. The summed E-state index contributed by atoms with van der Waals surface area (Å²) in [6.45, 7) is 0. The number of methoxy groups -OCH3 is 1. The summed E-state index contributed by atoms with van der Waals surface area (Å²) in [7, 11) is 3.63. The number of halogens is 1. The van der Waals surface area contributed by atoms with Gasteiger partial charge in [-0.25, -0.2) is 0 Å². The molecule has 0 aliphatic carbocycles. The Labute approximate surface area is 144 Å². The second-order valence-corrected chi connectivity index (χ2v) is 6.30. The average molecular weight is 346 g/mol. The summed E-state index contributed by atoms with van der Waals surface area (Å²) < 4.78 is 7.34. The molecule has 3 rings (SSSR count). The number of nitrogens with zero attached hydrogens (tertiary/aromatic N) is 3. The highest BCUT2D eigenvalue weighted by molar-refractivity contribution is 7.98. The molecule has 0 atom stereocenters. The molecule has 0 amide bonds. The van der Waals surface area contributed by atoms with Crippen LogP contribution in [-0.4, -0.2) is 21.9 Å². The van der Waals surface area contributed by atoms with Crippen LogP contribution in [0.4, 0.5) is 0 Å². The van der Waals surface area contributed by atoms with Crippen molar-refractivity contribution < 1.29 is 4.74 Å². The van der Waals surface area contributed by atoms with Crippen LogP contribution in [-0.2, 0) is 12.8 Å². The fourth-order valence-electron chi connectivity index (χ4n) is 2.28. The molecule has 0 spiro atoms. The van der Waals surface area contributed by atoms with E-state index >= 15 is 0 Å². The van der Waals surface area contributed by atoms with Crippen LogP contribution in [0, 0.1) is 0 Å². The van der Waals surface area contributed by atoms with Crippen molar-refractivity contribution >= 4 is 23.4 Å². The first-order chi connectivity index (χ1) is 11.2. The zero-order chi connectivity index (χ0) is 16.2. The van der Waals surface area contributed by atoms with E-state index in [1.807, 2.05) is 54.1 Å². The Hall–Kier alpha value is -1.98. The minimum atomic E-state index is 0.671. The van der Waals surface area contributed by atoms with Gasteiger partial charge >= 0.3 is 0 Å². The first-order valence-corrected chi connectivity index (χ1v) is 8.46. The third kappa shape index (κ3) is 3.35. The first-order valence-electron chi connectivity index (χ1n) is 7.09. The largest absolute Gasteiger partial charge is 0.496 e. The first kappa shape index (κ1) is 15.9. The van der Waals surface area contributed by atoms with Crippen LogP contribution in [0.3, 0.4) is 0 Å². The molecule has 0 aliphatic rings. The van der Waals surface area contributed by atoms with Crippen molar-refractivity contribution in [3.8, 4) is 17.1 Å². The van der Waals surface area contributed by atoms with E-state index in [9.17, 15) is 0 Å². The number of ether oxygens (including phenoxy) is 1. The topological polar surface area (TPSA) is 39.9 Å². The van der Waals surface area contributed by atoms with Gasteiger partial charge in [-0.3, -0.25) is 0 Å². The summed E-state index contributed by atoms with van der Waals surface area (Å²) in [5.41, 5.74) is 2.01. The van der Waals surface area contributed by atoms with Crippen molar-refractivity contribution in [3.63, 3.8) is 0 Å². The highest BCUT2D eigenvalue weighted by atomic mass is 35.5. The van der Waals surface area contributed by atoms with E-state index < -0.39 is 0 Å². The summed E-state index contributed by atoms with van der Waals surface area (Å²) in [5, 5.41) is 10.1. The molecule has 1 aromatic heterocycles. The van der Waals surface area contributed by atoms with E-state index in [0.29, 0.717) is 5.02 Å². The van der Waals surface area contributed by atoms with Crippen LogP contribution in [0.2, 0.25) is 5.02 Å². The van der Waals surface area contributed by atoms with E-state index in [2.05, 4.69) is 16.3 Å². The number of aromatic nitrogens is 3. The minimum absolute atomic E-state index is 0.671. The van der Waals surface area contributed by atoms with Gasteiger partial charge < -0.3 is 9.30 Å². The molecule has 0 saturated heterocycles. The molecular weight excluding hydrogens is 330 g/mol. The van der Waals surface area contributed by atoms with Crippen LogP contribution in [0.1, 0.15) is 5.56 Å². The van der Waals surface area contributed by atoms with E-state index in [4.69, 9.17) is 16.3 Å². The highest BCUT2D eigenvalue weighted by Gasteiger charge is 2.14. The molecule has 0 saturated carbocycles. The fourth-order valence-corrected chi connectivity index (χ4v) is 3.40. The lowest BCUT2D eigenvalue weighted by molar-refractivity contribution is 0.411. The molecule has 2 aromatic carbocycles. The van der Waals surface area contributed by atoms with Crippen molar-refractivity contribution in [2.24, 2.45) is 7.05 Å². The zero-order valence-electron chi connectivity index (χ0n) is 12.9. The van der Waals surface area contributed by atoms with Crippen LogP contribution in [0.25, 0.3) is 11.4 Å². The van der Waals surface area contributed by atoms with E-state index in [-0.39, 0.29) is 0 Å². The Kier molecular flexibility index (Phi) is 4.88. The van der Waals surface area contributed by atoms with Crippen LogP contribution in [0.15, 0.2) is 53.7 Å². The molecule has 23 heavy (non-hydrogen) atoms. The van der Waals surface area contributed by atoms with Gasteiger partial charge in [0.15, 0.2) is 11.0 Å². The normalized spacial score (nSPS) is 10.7. The number of rotatable bonds is 5. The standard InChI is InChI=1S/C17H16ClN3OS/c1-21-16(13-8-4-5-9-14(13)18)19-20-17(21)23-11-12-7-3-6-10-15(12)22-2/h3-10H,11H2,1-2H3. The van der Waals surface area contributed by atoms with Gasteiger partial charge in [-0.1, -0.05) is 53.7 Å². The molecule has 1 heterocycles. The van der Waals surface area contributed by atoms with Crippen molar-refractivity contribution in [2.45, 2.75) is 10.9 Å². The molecule has 0 N–H and O–H groups in total. The number of thioether (sulfide) groups is 1. The minimum Gasteiger partial charge on any atom is -0.496 e. The fraction of sp³-hybridized carbons (Fsp3) is 0.176. The van der Waals surface area contributed by atoms with Gasteiger partial charge in [-0.05, 0) is 18.2 Å². The van der Waals surface area contributed by atoms with Crippen molar-refractivity contribution in [1.29, 1.82) is 0 Å². The van der Waals surface area contributed by atoms with Crippen LogP contribution < -0.4 is 4.74 Å². The third-order valence-corrected chi connectivity index (χ3v) is 4.90. The lowest BCUT2D eigenvalue weighted by Gasteiger charge is -2.08. The van der Waals surface area contributed by atoms with Crippen molar-refractivity contribution in [2.75, 3.05) is 7.11 Å². The summed E-state index contributed by atoms with van der Waals surface area (Å²) in [6, 6.07) is 15.6. The number of para-hydroxylation sites is 1. The molecular formula is C17H16ClN3OS. The van der Waals surface area contributed by atoms with Gasteiger partial charge in [0.1, 0.15) is 5.75 Å². The van der Waals surface area contributed by atoms with Crippen LogP contribution >= 0.6 is 23.4 Å². The summed E-state index contributed by atoms with van der Waals surface area (Å²) >= 11 is 7.87. The van der Waals surface area contributed by atoms with E-state index in [0.717, 1.165) is 33.6 Å². The lowest BCUT2D eigenvalue weighted by Crippen LogP contribution is -1.96. The highest BCUT2D eigenvalue weighted by Crippen LogP contribution is 2.30. The number of hydrogen-bond acceptors (Lipinski definition) is 4. The van der Waals surface area contributed by atoms with Crippen molar-refractivity contribution in [3.05, 3.63) is 59.1 Å². The average Bonchev–Trinajstić information content (AvgIpc) is 2.94. The van der Waals surface area contributed by atoms with Crippen LogP contribution in [0.5, 0.6) is 5.75 Å². The molecule has 0 radical (unpaired) electrons. The SMILES string of the molecule is COc1ccccc1CSc1nnc(-c2ccccc2Cl)n1C. The molecule has 118 valence electrons. The monoisotopic (exact) mass is 345 g/mol. The second-order valence-electron chi connectivity index (χ2n) is 4.95. The Bertz CT molecular complexity index is 819. The quantitative estimate of drug-likeness (QED) is 0.641. The second kappa shape index (κ2) is 7.06. The van der Waals surface area contributed by atoms with Gasteiger partial charge in [0.05, 0.1) is 12.1 Å². The summed E-state index contributed by atoms with van der Waals surface area (Å²) in [5.74, 6) is 2.41. The van der Waals surface area contributed by atoms with Crippen molar-refractivity contribution in [1.82, 2.24) is 14.8 Å². The number of benzene rings is 2. The van der Waals surface area contributed by atoms with Gasteiger partial charge in [0, 0.05) is 23.9 Å². The van der Waals surface area contributed by atoms with Gasteiger partial charge in [0.2, 0.25) is 0 Å². The zero-order valence-corrected chi connectivity index (χ0v) is 14.4. The molecule has 0 unspecified atom stereocenters. The number of hydrogen-bond donors (Lipinski definition) is 0. The van der Waals surface area contributed by atoms with Gasteiger partial charge in [-0.15, -0.1) is 10.2 Å². The molecule has 3 aromatic rings. The Morgan fingerprint density at radius 3 is 2.61 bits per heavy atom. The molecule has 0 bridgehead atoms. The lowest BCUT2D eigenvalue weighted by atomic mass is 10.2. The molecule has 0 fully saturated rings. The smallest absolute Gasteiger partial charge is 0.191 e. The van der Waals surface area contributed by atoms with Gasteiger partial charge in [0.25, 0.3) is 0 Å². The molecule has 4 nitrogen and oxygen atoms in total. The predicted octanol–water partition coefficient (Wildman–Crippen LogP) is 4.44. The maximum Gasteiger partial charge on any atom is 0.191 e. The maximum absolute atomic E-state index is 6.25. The van der Waals surface area contributed by atoms with E-state index in [1.54, 1.807) is 18.9 Å². The third-order valence-electron chi connectivity index (χ3n) is 3.50. The Balaban J connectivity index is 1.82. The maximum atomic E-state index is 6.25. The van der Waals surface area contributed by atoms with E-state index in [1.165, 1.54) is 0 Å². The Morgan fingerprint density at radius 2 is 1.83 bits per heavy atom. The Morgan fingerprint density at radius 1 is 1.09 bits per heavy atom.